The van der Waals surface area contributed by atoms with Gasteiger partial charge < -0.3 is 10.2 Å². The third kappa shape index (κ3) is 2.54. The number of hydrogen-bond acceptors (Lipinski definition) is 3. The zero-order valence-corrected chi connectivity index (χ0v) is 10.2. The van der Waals surface area contributed by atoms with Crippen LogP contribution >= 0.6 is 0 Å². The third-order valence-corrected chi connectivity index (χ3v) is 3.96. The van der Waals surface area contributed by atoms with Crippen LogP contribution in [0.1, 0.15) is 0 Å². The molecule has 0 saturated carbocycles. The van der Waals surface area contributed by atoms with Gasteiger partial charge in [0, 0.05) is 11.9 Å². The Balaban J connectivity index is 2.18. The first kappa shape index (κ1) is 11.4. The molecule has 2 rings (SSSR count). The molecule has 1 aliphatic rings. The summed E-state index contributed by atoms with van der Waals surface area (Å²) in [6.07, 6.45) is 1.23. The molecule has 16 heavy (non-hydrogen) atoms. The van der Waals surface area contributed by atoms with Gasteiger partial charge in [-0.25, -0.2) is 8.42 Å². The summed E-state index contributed by atoms with van der Waals surface area (Å²) in [4.78, 5) is 2.67. The van der Waals surface area contributed by atoms with E-state index >= 15 is 0 Å². The maximum atomic E-state index is 11.3. The van der Waals surface area contributed by atoms with Gasteiger partial charge in [-0.2, -0.15) is 0 Å². The number of piperazine rings is 1. The SMILES string of the molecule is CS(=O)(=O)c1ccc(N2CC[NH2+]CC2)cc1. The van der Waals surface area contributed by atoms with E-state index in [0.717, 1.165) is 31.9 Å². The second-order valence-electron chi connectivity index (χ2n) is 4.12. The highest BCUT2D eigenvalue weighted by atomic mass is 32.2. The number of hydrogen-bond donors (Lipinski definition) is 1. The molecule has 1 aliphatic heterocycles. The molecule has 0 radical (unpaired) electrons. The van der Waals surface area contributed by atoms with Crippen LogP contribution in [0.25, 0.3) is 0 Å². The van der Waals surface area contributed by atoms with E-state index in [0.29, 0.717) is 4.90 Å². The van der Waals surface area contributed by atoms with E-state index in [4.69, 9.17) is 0 Å². The Morgan fingerprint density at radius 3 is 2.19 bits per heavy atom. The van der Waals surface area contributed by atoms with E-state index in [2.05, 4.69) is 10.2 Å². The molecular weight excluding hydrogens is 224 g/mol. The predicted octanol–water partition coefficient (Wildman–Crippen LogP) is -0.526. The maximum absolute atomic E-state index is 11.3. The van der Waals surface area contributed by atoms with E-state index in [1.807, 2.05) is 12.1 Å². The molecule has 1 fully saturated rings. The Morgan fingerprint density at radius 2 is 1.69 bits per heavy atom. The lowest BCUT2D eigenvalue weighted by Gasteiger charge is -2.27. The minimum Gasteiger partial charge on any atom is -0.360 e. The van der Waals surface area contributed by atoms with Crippen molar-refractivity contribution in [1.29, 1.82) is 0 Å². The van der Waals surface area contributed by atoms with E-state index in [-0.39, 0.29) is 0 Å². The molecule has 0 bridgehead atoms. The van der Waals surface area contributed by atoms with Gasteiger partial charge in [-0.05, 0) is 24.3 Å². The summed E-state index contributed by atoms with van der Waals surface area (Å²) in [7, 11) is -3.07. The fourth-order valence-corrected chi connectivity index (χ4v) is 2.54. The third-order valence-electron chi connectivity index (χ3n) is 2.84. The van der Waals surface area contributed by atoms with Gasteiger partial charge in [-0.15, -0.1) is 0 Å². The van der Waals surface area contributed by atoms with Crippen LogP contribution in [0.2, 0.25) is 0 Å². The molecule has 1 aromatic rings. The molecule has 0 amide bonds. The summed E-state index contributed by atoms with van der Waals surface area (Å²) in [5, 5.41) is 2.29. The van der Waals surface area contributed by atoms with Gasteiger partial charge in [0.25, 0.3) is 0 Å². The van der Waals surface area contributed by atoms with Crippen LogP contribution in [-0.4, -0.2) is 40.9 Å². The Bertz CT molecular complexity index is 447. The lowest BCUT2D eigenvalue weighted by molar-refractivity contribution is -0.655. The molecular formula is C11H17N2O2S+. The van der Waals surface area contributed by atoms with Crippen LogP contribution in [0.4, 0.5) is 5.69 Å². The van der Waals surface area contributed by atoms with E-state index in [1.165, 1.54) is 6.26 Å². The molecule has 4 nitrogen and oxygen atoms in total. The molecule has 2 N–H and O–H groups in total. The van der Waals surface area contributed by atoms with Crippen molar-refractivity contribution in [3.63, 3.8) is 0 Å². The molecule has 88 valence electrons. The monoisotopic (exact) mass is 241 g/mol. The van der Waals surface area contributed by atoms with Crippen molar-refractivity contribution in [2.75, 3.05) is 37.3 Å². The van der Waals surface area contributed by atoms with Crippen molar-refractivity contribution < 1.29 is 13.7 Å². The normalized spacial score (nSPS) is 17.4. The van der Waals surface area contributed by atoms with Gasteiger partial charge in [0.1, 0.15) is 0 Å². The summed E-state index contributed by atoms with van der Waals surface area (Å²) in [6, 6.07) is 7.15. The van der Waals surface area contributed by atoms with Gasteiger partial charge in [-0.3, -0.25) is 0 Å². The van der Waals surface area contributed by atoms with Gasteiger partial charge in [0.2, 0.25) is 0 Å². The quantitative estimate of drug-likeness (QED) is 0.757. The zero-order valence-electron chi connectivity index (χ0n) is 9.39. The molecule has 1 heterocycles. The van der Waals surface area contributed by atoms with E-state index < -0.39 is 9.84 Å². The minimum atomic E-state index is -3.07. The minimum absolute atomic E-state index is 0.389. The van der Waals surface area contributed by atoms with Crippen molar-refractivity contribution >= 4 is 15.5 Å². The highest BCUT2D eigenvalue weighted by molar-refractivity contribution is 7.90. The molecule has 0 aliphatic carbocycles. The highest BCUT2D eigenvalue weighted by Crippen LogP contribution is 2.17. The fourth-order valence-electron chi connectivity index (χ4n) is 1.91. The number of sulfone groups is 1. The molecule has 0 aromatic heterocycles. The zero-order chi connectivity index (χ0) is 11.6. The number of rotatable bonds is 2. The topological polar surface area (TPSA) is 54.0 Å². The van der Waals surface area contributed by atoms with Crippen molar-refractivity contribution in [3.05, 3.63) is 24.3 Å². The largest absolute Gasteiger partial charge is 0.360 e. The number of nitrogens with zero attached hydrogens (tertiary/aromatic N) is 1. The Kier molecular flexibility index (Phi) is 3.16. The van der Waals surface area contributed by atoms with Crippen LogP contribution in [0.5, 0.6) is 0 Å². The average molecular weight is 241 g/mol. The summed E-state index contributed by atoms with van der Waals surface area (Å²) in [5.41, 5.74) is 1.11. The number of quaternary nitrogens is 1. The molecule has 5 heteroatoms. The van der Waals surface area contributed by atoms with Gasteiger partial charge >= 0.3 is 0 Å². The van der Waals surface area contributed by atoms with Crippen molar-refractivity contribution in [3.8, 4) is 0 Å². The van der Waals surface area contributed by atoms with E-state index in [1.54, 1.807) is 12.1 Å². The summed E-state index contributed by atoms with van der Waals surface area (Å²) in [5.74, 6) is 0. The number of nitrogens with two attached hydrogens (primary N) is 1. The Hall–Kier alpha value is -1.07. The van der Waals surface area contributed by atoms with Crippen LogP contribution < -0.4 is 10.2 Å². The Labute approximate surface area is 96.2 Å². The van der Waals surface area contributed by atoms with Crippen LogP contribution in [-0.2, 0) is 9.84 Å². The first-order valence-corrected chi connectivity index (χ1v) is 7.33. The standard InChI is InChI=1S/C11H16N2O2S/c1-16(14,15)11-4-2-10(3-5-11)13-8-6-12-7-9-13/h2-5,12H,6-9H2,1H3/p+1. The first-order valence-electron chi connectivity index (χ1n) is 5.44. The van der Waals surface area contributed by atoms with Crippen LogP contribution in [0.3, 0.4) is 0 Å². The summed E-state index contributed by atoms with van der Waals surface area (Å²) < 4.78 is 22.6. The molecule has 1 aromatic carbocycles. The van der Waals surface area contributed by atoms with Crippen molar-refractivity contribution in [2.45, 2.75) is 4.90 Å². The molecule has 0 unspecified atom stereocenters. The molecule has 1 saturated heterocycles. The second-order valence-corrected chi connectivity index (χ2v) is 6.13. The summed E-state index contributed by atoms with van der Waals surface area (Å²) in [6.45, 7) is 4.26. The van der Waals surface area contributed by atoms with Crippen LogP contribution in [0, 0.1) is 0 Å². The fraction of sp³-hybridized carbons (Fsp3) is 0.455. The van der Waals surface area contributed by atoms with Crippen LogP contribution in [0.15, 0.2) is 29.2 Å². The lowest BCUT2D eigenvalue weighted by Crippen LogP contribution is -2.89. The van der Waals surface area contributed by atoms with Gasteiger partial charge in [0.15, 0.2) is 9.84 Å². The predicted molar refractivity (Wildman–Crippen MR) is 63.4 cm³/mol. The van der Waals surface area contributed by atoms with E-state index in [9.17, 15) is 8.42 Å². The van der Waals surface area contributed by atoms with Crippen molar-refractivity contribution in [1.82, 2.24) is 0 Å². The summed E-state index contributed by atoms with van der Waals surface area (Å²) >= 11 is 0. The maximum Gasteiger partial charge on any atom is 0.175 e. The Morgan fingerprint density at radius 1 is 1.12 bits per heavy atom. The van der Waals surface area contributed by atoms with Gasteiger partial charge in [0.05, 0.1) is 31.1 Å². The molecule has 0 spiro atoms. The average Bonchev–Trinajstić information content (AvgIpc) is 2.29. The lowest BCUT2D eigenvalue weighted by atomic mass is 10.2. The van der Waals surface area contributed by atoms with Gasteiger partial charge in [-0.1, -0.05) is 0 Å². The second kappa shape index (κ2) is 4.43. The number of anilines is 1. The first-order chi connectivity index (χ1) is 7.57. The molecule has 0 atom stereocenters. The number of benzene rings is 1. The smallest absolute Gasteiger partial charge is 0.175 e. The van der Waals surface area contributed by atoms with Crippen molar-refractivity contribution in [2.24, 2.45) is 0 Å². The highest BCUT2D eigenvalue weighted by Gasteiger charge is 2.13.